The summed E-state index contributed by atoms with van der Waals surface area (Å²) in [4.78, 5) is 15.3. The SMILES string of the molecule is O=C(c1cccs1)N1CCC[C@@H]1c1ccccc1Cl. The molecule has 0 saturated carbocycles. The number of hydrogen-bond acceptors (Lipinski definition) is 2. The number of carbonyl (C=O) groups is 1. The van der Waals surface area contributed by atoms with Crippen LogP contribution in [-0.2, 0) is 0 Å². The Hall–Kier alpha value is -1.32. The highest BCUT2D eigenvalue weighted by atomic mass is 35.5. The smallest absolute Gasteiger partial charge is 0.264 e. The normalized spacial score (nSPS) is 18.8. The summed E-state index contributed by atoms with van der Waals surface area (Å²) in [5, 5.41) is 2.69. The van der Waals surface area contributed by atoms with Gasteiger partial charge in [-0.3, -0.25) is 4.79 Å². The van der Waals surface area contributed by atoms with Crippen molar-refractivity contribution in [2.24, 2.45) is 0 Å². The molecule has 0 unspecified atom stereocenters. The van der Waals surface area contributed by atoms with Gasteiger partial charge in [-0.15, -0.1) is 11.3 Å². The molecule has 1 atom stereocenters. The number of nitrogens with zero attached hydrogens (tertiary/aromatic N) is 1. The molecule has 0 bridgehead atoms. The lowest BCUT2D eigenvalue weighted by atomic mass is 10.0. The predicted molar refractivity (Wildman–Crippen MR) is 78.8 cm³/mol. The highest BCUT2D eigenvalue weighted by Crippen LogP contribution is 2.36. The molecule has 1 aliphatic rings. The van der Waals surface area contributed by atoms with E-state index in [-0.39, 0.29) is 11.9 Å². The van der Waals surface area contributed by atoms with Crippen LogP contribution in [0.1, 0.15) is 34.1 Å². The van der Waals surface area contributed by atoms with Gasteiger partial charge in [0.2, 0.25) is 0 Å². The average molecular weight is 292 g/mol. The Balaban J connectivity index is 1.90. The topological polar surface area (TPSA) is 20.3 Å². The maximum Gasteiger partial charge on any atom is 0.264 e. The van der Waals surface area contributed by atoms with Crippen molar-refractivity contribution in [1.29, 1.82) is 0 Å². The van der Waals surface area contributed by atoms with Crippen LogP contribution in [0, 0.1) is 0 Å². The minimum Gasteiger partial charge on any atom is -0.331 e. The fourth-order valence-electron chi connectivity index (χ4n) is 2.62. The number of amides is 1. The van der Waals surface area contributed by atoms with Crippen molar-refractivity contribution in [1.82, 2.24) is 4.90 Å². The van der Waals surface area contributed by atoms with Gasteiger partial charge >= 0.3 is 0 Å². The first-order valence-corrected chi connectivity index (χ1v) is 7.62. The minimum atomic E-state index is 0.114. The molecule has 1 amide bonds. The minimum absolute atomic E-state index is 0.114. The lowest BCUT2D eigenvalue weighted by molar-refractivity contribution is 0.0740. The van der Waals surface area contributed by atoms with Gasteiger partial charge in [-0.1, -0.05) is 35.9 Å². The van der Waals surface area contributed by atoms with E-state index in [9.17, 15) is 4.79 Å². The first kappa shape index (κ1) is 12.7. The van der Waals surface area contributed by atoms with Gasteiger partial charge in [-0.25, -0.2) is 0 Å². The molecular formula is C15H14ClNOS. The molecule has 0 N–H and O–H groups in total. The molecule has 3 rings (SSSR count). The van der Waals surface area contributed by atoms with Crippen molar-refractivity contribution in [3.05, 3.63) is 57.2 Å². The van der Waals surface area contributed by atoms with Crippen LogP contribution in [0.3, 0.4) is 0 Å². The van der Waals surface area contributed by atoms with Crippen molar-refractivity contribution in [3.8, 4) is 0 Å². The molecule has 4 heteroatoms. The molecule has 0 spiro atoms. The molecule has 19 heavy (non-hydrogen) atoms. The van der Waals surface area contributed by atoms with Crippen molar-refractivity contribution < 1.29 is 4.79 Å². The van der Waals surface area contributed by atoms with Gasteiger partial charge in [0.1, 0.15) is 0 Å². The third-order valence-corrected chi connectivity index (χ3v) is 4.71. The predicted octanol–water partition coefficient (Wildman–Crippen LogP) is 4.38. The first-order chi connectivity index (χ1) is 9.27. The molecule has 2 nitrogen and oxygen atoms in total. The van der Waals surface area contributed by atoms with Gasteiger partial charge < -0.3 is 4.90 Å². The van der Waals surface area contributed by atoms with Crippen LogP contribution in [0.15, 0.2) is 41.8 Å². The van der Waals surface area contributed by atoms with Crippen molar-refractivity contribution in [2.45, 2.75) is 18.9 Å². The third-order valence-electron chi connectivity index (χ3n) is 3.51. The quantitative estimate of drug-likeness (QED) is 0.804. The second kappa shape index (κ2) is 5.35. The van der Waals surface area contributed by atoms with Crippen molar-refractivity contribution >= 4 is 28.8 Å². The summed E-state index contributed by atoms with van der Waals surface area (Å²) in [6.45, 7) is 0.812. The van der Waals surface area contributed by atoms with Gasteiger partial charge in [-0.2, -0.15) is 0 Å². The summed E-state index contributed by atoms with van der Waals surface area (Å²) in [5.74, 6) is 0.123. The van der Waals surface area contributed by atoms with E-state index >= 15 is 0 Å². The van der Waals surface area contributed by atoms with E-state index < -0.39 is 0 Å². The highest BCUT2D eigenvalue weighted by Gasteiger charge is 2.31. The Kier molecular flexibility index (Phi) is 3.58. The van der Waals surface area contributed by atoms with Crippen molar-refractivity contribution in [2.75, 3.05) is 6.54 Å². The molecule has 0 radical (unpaired) electrons. The Bertz CT molecular complexity index is 582. The van der Waals surface area contributed by atoms with Gasteiger partial charge in [0.05, 0.1) is 10.9 Å². The maximum atomic E-state index is 12.5. The van der Waals surface area contributed by atoms with E-state index in [1.54, 1.807) is 0 Å². The average Bonchev–Trinajstić information content (AvgIpc) is 3.10. The van der Waals surface area contributed by atoms with E-state index in [2.05, 4.69) is 0 Å². The summed E-state index contributed by atoms with van der Waals surface area (Å²) in [7, 11) is 0. The van der Waals surface area contributed by atoms with E-state index in [4.69, 9.17) is 11.6 Å². The second-order valence-electron chi connectivity index (χ2n) is 4.66. The van der Waals surface area contributed by atoms with E-state index in [0.717, 1.165) is 34.8 Å². The summed E-state index contributed by atoms with van der Waals surface area (Å²) in [6.07, 6.45) is 2.02. The number of carbonyl (C=O) groups excluding carboxylic acids is 1. The molecule has 2 aromatic rings. The second-order valence-corrected chi connectivity index (χ2v) is 6.01. The Labute approximate surface area is 121 Å². The van der Waals surface area contributed by atoms with Gasteiger partial charge in [-0.05, 0) is 35.9 Å². The number of hydrogen-bond donors (Lipinski definition) is 0. The monoisotopic (exact) mass is 291 g/mol. The molecular weight excluding hydrogens is 278 g/mol. The lowest BCUT2D eigenvalue weighted by Gasteiger charge is -2.25. The van der Waals surface area contributed by atoms with E-state index in [1.165, 1.54) is 11.3 Å². The zero-order valence-corrected chi connectivity index (χ0v) is 12.0. The van der Waals surface area contributed by atoms with Gasteiger partial charge in [0, 0.05) is 11.6 Å². The summed E-state index contributed by atoms with van der Waals surface area (Å²) in [6, 6.07) is 11.7. The molecule has 1 fully saturated rings. The fourth-order valence-corrected chi connectivity index (χ4v) is 3.56. The lowest BCUT2D eigenvalue weighted by Crippen LogP contribution is -2.30. The van der Waals surface area contributed by atoms with Crippen LogP contribution in [0.25, 0.3) is 0 Å². The maximum absolute atomic E-state index is 12.5. The van der Waals surface area contributed by atoms with E-state index in [0.29, 0.717) is 0 Å². The Morgan fingerprint density at radius 2 is 2.11 bits per heavy atom. The number of thiophene rings is 1. The largest absolute Gasteiger partial charge is 0.331 e. The Morgan fingerprint density at radius 3 is 2.84 bits per heavy atom. The first-order valence-electron chi connectivity index (χ1n) is 6.36. The van der Waals surface area contributed by atoms with Crippen LogP contribution in [-0.4, -0.2) is 17.4 Å². The molecule has 2 heterocycles. The van der Waals surface area contributed by atoms with E-state index in [1.807, 2.05) is 46.7 Å². The summed E-state index contributed by atoms with van der Waals surface area (Å²) < 4.78 is 0. The van der Waals surface area contributed by atoms with Crippen LogP contribution in [0.2, 0.25) is 5.02 Å². The fraction of sp³-hybridized carbons (Fsp3) is 0.267. The summed E-state index contributed by atoms with van der Waals surface area (Å²) in [5.41, 5.74) is 1.06. The number of rotatable bonds is 2. The molecule has 1 aliphatic heterocycles. The zero-order chi connectivity index (χ0) is 13.2. The molecule has 0 aliphatic carbocycles. The van der Waals surface area contributed by atoms with Crippen LogP contribution in [0.5, 0.6) is 0 Å². The van der Waals surface area contributed by atoms with Crippen LogP contribution in [0.4, 0.5) is 0 Å². The van der Waals surface area contributed by atoms with Gasteiger partial charge in [0.25, 0.3) is 5.91 Å². The van der Waals surface area contributed by atoms with Crippen LogP contribution >= 0.6 is 22.9 Å². The number of halogens is 1. The van der Waals surface area contributed by atoms with Crippen molar-refractivity contribution in [3.63, 3.8) is 0 Å². The highest BCUT2D eigenvalue weighted by molar-refractivity contribution is 7.12. The van der Waals surface area contributed by atoms with Gasteiger partial charge in [0.15, 0.2) is 0 Å². The molecule has 1 aromatic carbocycles. The Morgan fingerprint density at radius 1 is 1.26 bits per heavy atom. The number of benzene rings is 1. The third kappa shape index (κ3) is 2.40. The molecule has 1 saturated heterocycles. The molecule has 1 aromatic heterocycles. The number of likely N-dealkylation sites (tertiary alicyclic amines) is 1. The molecule has 98 valence electrons. The zero-order valence-electron chi connectivity index (χ0n) is 10.4. The standard InChI is InChI=1S/C15H14ClNOS/c16-12-6-2-1-5-11(12)13-7-3-9-17(13)15(18)14-8-4-10-19-14/h1-2,4-6,8,10,13H,3,7,9H2/t13-/m1/s1. The summed E-state index contributed by atoms with van der Waals surface area (Å²) >= 11 is 7.76. The van der Waals surface area contributed by atoms with Crippen LogP contribution < -0.4 is 0 Å².